The van der Waals surface area contributed by atoms with Gasteiger partial charge in [0, 0.05) is 12.6 Å². The van der Waals surface area contributed by atoms with Gasteiger partial charge in [-0.3, -0.25) is 0 Å². The summed E-state index contributed by atoms with van der Waals surface area (Å²) < 4.78 is 6.95. The second-order valence-electron chi connectivity index (χ2n) is 6.61. The van der Waals surface area contributed by atoms with Gasteiger partial charge in [0.1, 0.15) is 12.4 Å². The van der Waals surface area contributed by atoms with Crippen molar-refractivity contribution in [1.29, 1.82) is 0 Å². The lowest BCUT2D eigenvalue weighted by atomic mass is 10.1. The van der Waals surface area contributed by atoms with E-state index >= 15 is 0 Å². The molecule has 0 aromatic heterocycles. The summed E-state index contributed by atoms with van der Waals surface area (Å²) in [5, 5.41) is 3.72. The van der Waals surface area contributed by atoms with Crippen molar-refractivity contribution in [2.45, 2.75) is 57.7 Å². The molecule has 1 aliphatic carbocycles. The van der Waals surface area contributed by atoms with Crippen LogP contribution in [0.2, 0.25) is 0 Å². The molecule has 0 atom stereocenters. The summed E-state index contributed by atoms with van der Waals surface area (Å²) in [6.07, 6.45) is 8.18. The van der Waals surface area contributed by atoms with Crippen LogP contribution < -0.4 is 10.1 Å². The van der Waals surface area contributed by atoms with E-state index in [1.54, 1.807) is 0 Å². The van der Waals surface area contributed by atoms with Crippen LogP contribution in [0.25, 0.3) is 0 Å². The van der Waals surface area contributed by atoms with E-state index in [9.17, 15) is 0 Å². The Balaban J connectivity index is 1.52. The van der Waals surface area contributed by atoms with Gasteiger partial charge < -0.3 is 10.1 Å². The van der Waals surface area contributed by atoms with Crippen LogP contribution in [0.3, 0.4) is 0 Å². The topological polar surface area (TPSA) is 21.3 Å². The van der Waals surface area contributed by atoms with Crippen LogP contribution in [0, 0.1) is 0 Å². The first-order valence-corrected chi connectivity index (χ1v) is 9.79. The fourth-order valence-electron chi connectivity index (χ4n) is 3.25. The Morgan fingerprint density at radius 3 is 2.38 bits per heavy atom. The van der Waals surface area contributed by atoms with E-state index in [2.05, 4.69) is 51.6 Å². The van der Waals surface area contributed by atoms with E-state index in [0.29, 0.717) is 12.6 Å². The van der Waals surface area contributed by atoms with Crippen molar-refractivity contribution < 1.29 is 4.74 Å². The van der Waals surface area contributed by atoms with Gasteiger partial charge in [-0.1, -0.05) is 62.1 Å². The Labute approximate surface area is 153 Å². The molecule has 0 saturated heterocycles. The predicted molar refractivity (Wildman–Crippen MR) is 103 cm³/mol. The first-order valence-electron chi connectivity index (χ1n) is 9.00. The van der Waals surface area contributed by atoms with Crippen molar-refractivity contribution in [2.24, 2.45) is 0 Å². The van der Waals surface area contributed by atoms with E-state index in [-0.39, 0.29) is 0 Å². The third-order valence-electron chi connectivity index (χ3n) is 4.68. The van der Waals surface area contributed by atoms with Gasteiger partial charge in [0.2, 0.25) is 0 Å². The first kappa shape index (κ1) is 17.5. The van der Waals surface area contributed by atoms with Crippen LogP contribution in [0.5, 0.6) is 5.75 Å². The fourth-order valence-corrected chi connectivity index (χ4v) is 3.79. The molecule has 1 saturated carbocycles. The van der Waals surface area contributed by atoms with Crippen LogP contribution in [0.4, 0.5) is 0 Å². The molecule has 0 radical (unpaired) electrons. The first-order chi connectivity index (χ1) is 11.8. The minimum Gasteiger partial charge on any atom is -0.488 e. The zero-order valence-electron chi connectivity index (χ0n) is 14.1. The van der Waals surface area contributed by atoms with Gasteiger partial charge in [0.25, 0.3) is 0 Å². The van der Waals surface area contributed by atoms with Gasteiger partial charge in [-0.15, -0.1) is 0 Å². The summed E-state index contributed by atoms with van der Waals surface area (Å²) in [6.45, 7) is 1.53. The molecule has 0 heterocycles. The Hall–Kier alpha value is -1.32. The van der Waals surface area contributed by atoms with E-state index in [1.807, 2.05) is 18.2 Å². The minimum atomic E-state index is 0.596. The Morgan fingerprint density at radius 2 is 1.67 bits per heavy atom. The standard InChI is InChI=1S/C21H26BrNO/c22-20-14-18(15-23-19-10-6-1-2-7-11-19)12-13-21(20)24-16-17-8-4-3-5-9-17/h3-5,8-9,12-14,19,23H,1-2,6-7,10-11,15-16H2. The molecule has 24 heavy (non-hydrogen) atoms. The molecule has 0 bridgehead atoms. The molecule has 0 amide bonds. The van der Waals surface area contributed by atoms with Gasteiger partial charge in [-0.25, -0.2) is 0 Å². The van der Waals surface area contributed by atoms with E-state index in [0.717, 1.165) is 16.8 Å². The van der Waals surface area contributed by atoms with Crippen molar-refractivity contribution in [1.82, 2.24) is 5.32 Å². The lowest BCUT2D eigenvalue weighted by molar-refractivity contribution is 0.304. The molecular weight excluding hydrogens is 362 g/mol. The summed E-state index contributed by atoms with van der Waals surface area (Å²) in [5.41, 5.74) is 2.49. The summed E-state index contributed by atoms with van der Waals surface area (Å²) in [4.78, 5) is 0. The molecule has 0 spiro atoms. The zero-order chi connectivity index (χ0) is 16.6. The largest absolute Gasteiger partial charge is 0.488 e. The number of rotatable bonds is 6. The Morgan fingerprint density at radius 1 is 0.917 bits per heavy atom. The third-order valence-corrected chi connectivity index (χ3v) is 5.30. The lowest BCUT2D eigenvalue weighted by Crippen LogP contribution is -2.27. The second-order valence-corrected chi connectivity index (χ2v) is 7.46. The number of ether oxygens (including phenoxy) is 1. The molecule has 2 aromatic rings. The summed E-state index contributed by atoms with van der Waals surface area (Å²) in [7, 11) is 0. The lowest BCUT2D eigenvalue weighted by Gasteiger charge is -2.17. The molecule has 1 fully saturated rings. The molecule has 128 valence electrons. The van der Waals surface area contributed by atoms with Gasteiger partial charge >= 0.3 is 0 Å². The van der Waals surface area contributed by atoms with E-state index in [4.69, 9.17) is 4.74 Å². The fraction of sp³-hybridized carbons (Fsp3) is 0.429. The molecule has 3 rings (SSSR count). The molecule has 3 heteroatoms. The Kier molecular flexibility index (Phi) is 6.74. The maximum Gasteiger partial charge on any atom is 0.134 e. The van der Waals surface area contributed by atoms with Gasteiger partial charge in [-0.05, 0) is 52.0 Å². The molecule has 2 aromatic carbocycles. The number of benzene rings is 2. The van der Waals surface area contributed by atoms with Crippen LogP contribution in [0.1, 0.15) is 49.7 Å². The Bertz CT molecular complexity index is 621. The van der Waals surface area contributed by atoms with Crippen LogP contribution in [0.15, 0.2) is 53.0 Å². The maximum atomic E-state index is 5.92. The number of nitrogens with one attached hydrogen (secondary N) is 1. The van der Waals surface area contributed by atoms with E-state index in [1.165, 1.54) is 49.7 Å². The van der Waals surface area contributed by atoms with Crippen molar-refractivity contribution in [3.63, 3.8) is 0 Å². The SMILES string of the molecule is Brc1cc(CNC2CCCCCC2)ccc1OCc1ccccc1. The highest BCUT2D eigenvalue weighted by molar-refractivity contribution is 9.10. The second kappa shape index (κ2) is 9.24. The summed E-state index contributed by atoms with van der Waals surface area (Å²) in [5.74, 6) is 0.900. The predicted octanol–water partition coefficient (Wildman–Crippen LogP) is 5.84. The van der Waals surface area contributed by atoms with Crippen molar-refractivity contribution in [3.05, 3.63) is 64.1 Å². The normalized spacial score (nSPS) is 15.9. The third kappa shape index (κ3) is 5.35. The maximum absolute atomic E-state index is 5.92. The summed E-state index contributed by atoms with van der Waals surface area (Å²) in [6, 6.07) is 17.3. The smallest absolute Gasteiger partial charge is 0.134 e. The number of halogens is 1. The van der Waals surface area contributed by atoms with E-state index < -0.39 is 0 Å². The number of hydrogen-bond acceptors (Lipinski definition) is 2. The highest BCUT2D eigenvalue weighted by Crippen LogP contribution is 2.27. The molecule has 2 nitrogen and oxygen atoms in total. The quantitative estimate of drug-likeness (QED) is 0.628. The molecule has 1 aliphatic rings. The highest BCUT2D eigenvalue weighted by Gasteiger charge is 2.11. The summed E-state index contributed by atoms with van der Waals surface area (Å²) >= 11 is 3.65. The van der Waals surface area contributed by atoms with Crippen LogP contribution >= 0.6 is 15.9 Å². The average Bonchev–Trinajstić information content (AvgIpc) is 2.89. The minimum absolute atomic E-state index is 0.596. The average molecular weight is 388 g/mol. The van der Waals surface area contributed by atoms with Gasteiger partial charge in [0.15, 0.2) is 0 Å². The monoisotopic (exact) mass is 387 g/mol. The van der Waals surface area contributed by atoms with Crippen molar-refractivity contribution >= 4 is 15.9 Å². The zero-order valence-corrected chi connectivity index (χ0v) is 15.7. The van der Waals surface area contributed by atoms with Crippen molar-refractivity contribution in [2.75, 3.05) is 0 Å². The number of hydrogen-bond donors (Lipinski definition) is 1. The van der Waals surface area contributed by atoms with Gasteiger partial charge in [0.05, 0.1) is 4.47 Å². The molecular formula is C21H26BrNO. The molecule has 0 unspecified atom stereocenters. The molecule has 1 N–H and O–H groups in total. The highest BCUT2D eigenvalue weighted by atomic mass is 79.9. The van der Waals surface area contributed by atoms with Crippen LogP contribution in [-0.2, 0) is 13.2 Å². The van der Waals surface area contributed by atoms with Crippen molar-refractivity contribution in [3.8, 4) is 5.75 Å². The van der Waals surface area contributed by atoms with Gasteiger partial charge in [-0.2, -0.15) is 0 Å². The molecule has 0 aliphatic heterocycles. The van der Waals surface area contributed by atoms with Crippen LogP contribution in [-0.4, -0.2) is 6.04 Å².